The lowest BCUT2D eigenvalue weighted by Crippen LogP contribution is -2.29. The van der Waals surface area contributed by atoms with Gasteiger partial charge in [-0.1, -0.05) is 13.8 Å². The van der Waals surface area contributed by atoms with E-state index in [-0.39, 0.29) is 5.56 Å². The van der Waals surface area contributed by atoms with Crippen LogP contribution in [-0.4, -0.2) is 38.9 Å². The maximum absolute atomic E-state index is 11.6. The zero-order valence-electron chi connectivity index (χ0n) is 13.2. The Labute approximate surface area is 124 Å². The normalized spacial score (nSPS) is 11.3. The Hall–Kier alpha value is -2.11. The van der Waals surface area contributed by atoms with E-state index in [4.69, 9.17) is 0 Å². The van der Waals surface area contributed by atoms with Crippen molar-refractivity contribution in [2.75, 3.05) is 18.0 Å². The number of carboxylic acid groups (broad SMARTS) is 1. The van der Waals surface area contributed by atoms with Crippen LogP contribution in [0.5, 0.6) is 0 Å². The van der Waals surface area contributed by atoms with E-state index in [1.54, 1.807) is 4.68 Å². The number of aromatic nitrogens is 3. The second kappa shape index (κ2) is 5.71. The number of fused-ring (bicyclic) bond motifs is 1. The monoisotopic (exact) mass is 290 g/mol. The van der Waals surface area contributed by atoms with Crippen LogP contribution < -0.4 is 4.90 Å². The molecule has 2 aromatic rings. The van der Waals surface area contributed by atoms with Crippen molar-refractivity contribution in [3.63, 3.8) is 0 Å². The molecule has 0 atom stereocenters. The van der Waals surface area contributed by atoms with Crippen molar-refractivity contribution in [3.8, 4) is 0 Å². The molecule has 2 heterocycles. The molecule has 0 aliphatic carbocycles. The van der Waals surface area contributed by atoms with Crippen LogP contribution >= 0.6 is 0 Å². The summed E-state index contributed by atoms with van der Waals surface area (Å²) in [5.74, 6) is -0.517. The van der Waals surface area contributed by atoms with Crippen LogP contribution in [0.3, 0.4) is 0 Å². The number of pyridine rings is 1. The number of carbonyl (C=O) groups is 1. The lowest BCUT2D eigenvalue weighted by Gasteiger charge is -2.27. The van der Waals surface area contributed by atoms with E-state index in [0.29, 0.717) is 5.92 Å². The number of aromatic carboxylic acids is 1. The van der Waals surface area contributed by atoms with Gasteiger partial charge in [0.2, 0.25) is 0 Å². The average molecular weight is 290 g/mol. The lowest BCUT2D eigenvalue weighted by molar-refractivity contribution is 0.0697. The Balaban J connectivity index is 2.77. The zero-order chi connectivity index (χ0) is 15.7. The summed E-state index contributed by atoms with van der Waals surface area (Å²) in [5, 5.41) is 14.7. The van der Waals surface area contributed by atoms with E-state index < -0.39 is 5.97 Å². The number of nitrogens with zero attached hydrogens (tertiary/aromatic N) is 4. The van der Waals surface area contributed by atoms with Crippen molar-refractivity contribution in [1.29, 1.82) is 0 Å². The molecule has 6 nitrogen and oxygen atoms in total. The predicted molar refractivity (Wildman–Crippen MR) is 82.9 cm³/mol. The van der Waals surface area contributed by atoms with Gasteiger partial charge < -0.3 is 10.0 Å². The third-order valence-corrected chi connectivity index (χ3v) is 3.51. The minimum absolute atomic E-state index is 0.237. The third-order valence-electron chi connectivity index (χ3n) is 3.51. The molecule has 0 amide bonds. The van der Waals surface area contributed by atoms with Gasteiger partial charge >= 0.3 is 5.97 Å². The fourth-order valence-corrected chi connectivity index (χ4v) is 2.70. The zero-order valence-corrected chi connectivity index (χ0v) is 13.2. The molecule has 1 N–H and O–H groups in total. The van der Waals surface area contributed by atoms with Crippen molar-refractivity contribution in [2.24, 2.45) is 13.0 Å². The summed E-state index contributed by atoms with van der Waals surface area (Å²) in [4.78, 5) is 18.0. The van der Waals surface area contributed by atoms with Gasteiger partial charge in [0.1, 0.15) is 5.56 Å². The summed E-state index contributed by atoms with van der Waals surface area (Å²) in [5.41, 5.74) is 2.49. The van der Waals surface area contributed by atoms with Crippen molar-refractivity contribution in [3.05, 3.63) is 17.5 Å². The van der Waals surface area contributed by atoms with Crippen molar-refractivity contribution < 1.29 is 9.90 Å². The van der Waals surface area contributed by atoms with Gasteiger partial charge in [0.05, 0.1) is 16.8 Å². The smallest absolute Gasteiger partial charge is 0.339 e. The largest absolute Gasteiger partial charge is 0.478 e. The van der Waals surface area contributed by atoms with Gasteiger partial charge in [-0.25, -0.2) is 9.78 Å². The number of hydrogen-bond donors (Lipinski definition) is 1. The first-order valence-electron chi connectivity index (χ1n) is 7.17. The fourth-order valence-electron chi connectivity index (χ4n) is 2.70. The summed E-state index contributed by atoms with van der Waals surface area (Å²) in [6, 6.07) is 0. The predicted octanol–water partition coefficient (Wildman–Crippen LogP) is 2.46. The second-order valence-corrected chi connectivity index (χ2v) is 5.67. The number of carboxylic acids is 1. The van der Waals surface area contributed by atoms with Crippen LogP contribution in [0, 0.1) is 12.8 Å². The first kappa shape index (κ1) is 15.3. The summed E-state index contributed by atoms with van der Waals surface area (Å²) < 4.78 is 1.70. The van der Waals surface area contributed by atoms with Crippen LogP contribution in [-0.2, 0) is 7.05 Å². The molecule has 0 aromatic carbocycles. The molecular weight excluding hydrogens is 268 g/mol. The summed E-state index contributed by atoms with van der Waals surface area (Å²) in [6.45, 7) is 9.71. The van der Waals surface area contributed by atoms with E-state index in [1.165, 1.54) is 6.20 Å². The highest BCUT2D eigenvalue weighted by atomic mass is 16.4. The molecule has 114 valence electrons. The quantitative estimate of drug-likeness (QED) is 0.916. The van der Waals surface area contributed by atoms with E-state index in [1.807, 2.05) is 20.9 Å². The number of rotatable bonds is 5. The summed E-state index contributed by atoms with van der Waals surface area (Å²) >= 11 is 0. The van der Waals surface area contributed by atoms with Crippen LogP contribution in [0.2, 0.25) is 0 Å². The van der Waals surface area contributed by atoms with Gasteiger partial charge in [-0.2, -0.15) is 5.10 Å². The average Bonchev–Trinajstić information content (AvgIpc) is 2.70. The Bertz CT molecular complexity index is 676. The molecule has 0 aliphatic rings. The van der Waals surface area contributed by atoms with Crippen molar-refractivity contribution >= 4 is 22.7 Å². The summed E-state index contributed by atoms with van der Waals surface area (Å²) in [7, 11) is 1.82. The van der Waals surface area contributed by atoms with Gasteiger partial charge in [0, 0.05) is 26.3 Å². The highest BCUT2D eigenvalue weighted by molar-refractivity contribution is 6.04. The van der Waals surface area contributed by atoms with Gasteiger partial charge in [-0.3, -0.25) is 4.68 Å². The van der Waals surface area contributed by atoms with Crippen molar-refractivity contribution in [2.45, 2.75) is 27.7 Å². The molecule has 0 saturated carbocycles. The number of hydrogen-bond acceptors (Lipinski definition) is 4. The maximum atomic E-state index is 11.6. The molecule has 0 aliphatic heterocycles. The molecule has 2 aromatic heterocycles. The van der Waals surface area contributed by atoms with Crippen molar-refractivity contribution in [1.82, 2.24) is 14.8 Å². The van der Waals surface area contributed by atoms with Crippen LogP contribution in [0.15, 0.2) is 6.20 Å². The standard InChI is InChI=1S/C15H22N4O2/c1-6-19(8-9(2)3)13-11(15(20)21)7-16-14-12(13)10(4)17-18(14)5/h7,9H,6,8H2,1-5H3,(H,20,21). The van der Waals surface area contributed by atoms with Gasteiger partial charge in [0.25, 0.3) is 0 Å². The number of aryl methyl sites for hydroxylation is 2. The highest BCUT2D eigenvalue weighted by Crippen LogP contribution is 2.32. The first-order chi connectivity index (χ1) is 9.86. The van der Waals surface area contributed by atoms with Crippen LogP contribution in [0.1, 0.15) is 36.8 Å². The van der Waals surface area contributed by atoms with E-state index in [2.05, 4.69) is 28.8 Å². The fraction of sp³-hybridized carbons (Fsp3) is 0.533. The highest BCUT2D eigenvalue weighted by Gasteiger charge is 2.23. The van der Waals surface area contributed by atoms with Gasteiger partial charge in [-0.15, -0.1) is 0 Å². The molecule has 6 heteroatoms. The topological polar surface area (TPSA) is 71.2 Å². The van der Waals surface area contributed by atoms with E-state index in [9.17, 15) is 9.90 Å². The molecule has 0 radical (unpaired) electrons. The lowest BCUT2D eigenvalue weighted by atomic mass is 10.1. The van der Waals surface area contributed by atoms with Crippen LogP contribution in [0.4, 0.5) is 5.69 Å². The SMILES string of the molecule is CCN(CC(C)C)c1c(C(=O)O)cnc2c1c(C)nn2C. The molecule has 2 rings (SSSR count). The second-order valence-electron chi connectivity index (χ2n) is 5.67. The van der Waals surface area contributed by atoms with Crippen LogP contribution in [0.25, 0.3) is 11.0 Å². The number of anilines is 1. The molecule has 0 unspecified atom stereocenters. The molecule has 0 saturated heterocycles. The molecule has 0 bridgehead atoms. The summed E-state index contributed by atoms with van der Waals surface area (Å²) in [6.07, 6.45) is 1.43. The maximum Gasteiger partial charge on any atom is 0.339 e. The van der Waals surface area contributed by atoms with E-state index in [0.717, 1.165) is 35.5 Å². The molecule has 0 spiro atoms. The molecule has 21 heavy (non-hydrogen) atoms. The van der Waals surface area contributed by atoms with Gasteiger partial charge in [-0.05, 0) is 19.8 Å². The van der Waals surface area contributed by atoms with Gasteiger partial charge in [0.15, 0.2) is 5.65 Å². The Kier molecular flexibility index (Phi) is 4.16. The Morgan fingerprint density at radius 2 is 2.14 bits per heavy atom. The Morgan fingerprint density at radius 3 is 2.67 bits per heavy atom. The molecular formula is C15H22N4O2. The first-order valence-corrected chi connectivity index (χ1v) is 7.17. The minimum Gasteiger partial charge on any atom is -0.478 e. The third kappa shape index (κ3) is 2.70. The minimum atomic E-state index is -0.954. The van der Waals surface area contributed by atoms with E-state index >= 15 is 0 Å². The molecule has 0 fully saturated rings. The Morgan fingerprint density at radius 1 is 1.48 bits per heavy atom.